The first-order valence-corrected chi connectivity index (χ1v) is 7.52. The van der Waals surface area contributed by atoms with E-state index in [1.807, 2.05) is 18.4 Å². The van der Waals surface area contributed by atoms with Crippen molar-refractivity contribution in [2.24, 2.45) is 0 Å². The van der Waals surface area contributed by atoms with Crippen LogP contribution in [-0.2, 0) is 4.74 Å². The van der Waals surface area contributed by atoms with Gasteiger partial charge in [0.05, 0.1) is 5.69 Å². The van der Waals surface area contributed by atoms with Crippen molar-refractivity contribution >= 4 is 11.7 Å². The maximum atomic E-state index is 12.2. The highest BCUT2D eigenvalue weighted by Crippen LogP contribution is 2.17. The van der Waals surface area contributed by atoms with Crippen molar-refractivity contribution in [3.05, 3.63) is 18.0 Å². The predicted octanol–water partition coefficient (Wildman–Crippen LogP) is 1.06. The van der Waals surface area contributed by atoms with Gasteiger partial charge in [0.15, 0.2) is 0 Å². The molecule has 1 aromatic heterocycles. The summed E-state index contributed by atoms with van der Waals surface area (Å²) in [5.74, 6) is -0.297. The van der Waals surface area contributed by atoms with Crippen molar-refractivity contribution in [3.8, 4) is 0 Å². The minimum atomic E-state index is -0.297. The first kappa shape index (κ1) is 15.9. The fourth-order valence-corrected chi connectivity index (χ4v) is 2.50. The fourth-order valence-electron chi connectivity index (χ4n) is 2.50. The molecule has 2 N–H and O–H groups in total. The van der Waals surface area contributed by atoms with Crippen LogP contribution in [0.4, 0.5) is 5.69 Å². The summed E-state index contributed by atoms with van der Waals surface area (Å²) in [6.45, 7) is 9.44. The summed E-state index contributed by atoms with van der Waals surface area (Å²) in [4.78, 5) is 16.8. The average molecular weight is 294 g/mol. The number of nitrogens with zero attached hydrogens (tertiary/aromatic N) is 3. The Balaban J connectivity index is 1.82. The van der Waals surface area contributed by atoms with Gasteiger partial charge in [-0.3, -0.25) is 4.90 Å². The van der Waals surface area contributed by atoms with E-state index in [-0.39, 0.29) is 12.0 Å². The van der Waals surface area contributed by atoms with Crippen LogP contribution in [0.3, 0.4) is 0 Å². The number of hydrogen-bond donors (Lipinski definition) is 1. The van der Waals surface area contributed by atoms with Gasteiger partial charge in [0.25, 0.3) is 0 Å². The first-order valence-electron chi connectivity index (χ1n) is 7.52. The van der Waals surface area contributed by atoms with Gasteiger partial charge in [-0.25, -0.2) is 4.79 Å². The van der Waals surface area contributed by atoms with Crippen LogP contribution in [-0.4, -0.2) is 66.7 Å². The number of hydrogen-bond acceptors (Lipinski definition) is 5. The lowest BCUT2D eigenvalue weighted by Gasteiger charge is -2.32. The van der Waals surface area contributed by atoms with Gasteiger partial charge in [0.2, 0.25) is 0 Å². The third-order valence-corrected chi connectivity index (χ3v) is 3.87. The molecule has 21 heavy (non-hydrogen) atoms. The second kappa shape index (κ2) is 6.95. The normalized spacial score (nSPS) is 17.3. The molecule has 6 nitrogen and oxygen atoms in total. The topological polar surface area (TPSA) is 63.7 Å². The van der Waals surface area contributed by atoms with Gasteiger partial charge in [-0.2, -0.15) is 0 Å². The zero-order valence-electron chi connectivity index (χ0n) is 13.2. The van der Waals surface area contributed by atoms with Gasteiger partial charge in [-0.1, -0.05) is 0 Å². The number of anilines is 1. The third kappa shape index (κ3) is 4.22. The second-order valence-electron chi connectivity index (χ2n) is 5.94. The smallest absolute Gasteiger partial charge is 0.355 e. The van der Waals surface area contributed by atoms with Crippen LogP contribution in [0.1, 0.15) is 30.4 Å². The zero-order valence-corrected chi connectivity index (χ0v) is 13.2. The number of esters is 1. The van der Waals surface area contributed by atoms with Crippen LogP contribution in [0.2, 0.25) is 0 Å². The second-order valence-corrected chi connectivity index (χ2v) is 5.94. The molecule has 0 bridgehead atoms. The number of rotatable bonds is 5. The minimum absolute atomic E-state index is 0.183. The number of piperazine rings is 1. The molecular formula is C15H26N4O2. The Labute approximate surface area is 126 Å². The van der Waals surface area contributed by atoms with E-state index in [1.165, 1.54) is 0 Å². The molecule has 0 unspecified atom stereocenters. The molecule has 0 amide bonds. The zero-order chi connectivity index (χ0) is 15.4. The maximum Gasteiger partial charge on any atom is 0.355 e. The highest BCUT2D eigenvalue weighted by Gasteiger charge is 2.17. The number of nitrogen functional groups attached to an aromatic ring is 1. The largest absolute Gasteiger partial charge is 0.460 e. The van der Waals surface area contributed by atoms with Crippen molar-refractivity contribution in [2.75, 3.05) is 52.1 Å². The molecule has 1 fully saturated rings. The third-order valence-electron chi connectivity index (χ3n) is 3.87. The lowest BCUT2D eigenvalue weighted by Crippen LogP contribution is -2.45. The van der Waals surface area contributed by atoms with Crippen molar-refractivity contribution in [2.45, 2.75) is 19.9 Å². The molecule has 1 aromatic rings. The van der Waals surface area contributed by atoms with Gasteiger partial charge in [-0.05, 0) is 27.0 Å². The summed E-state index contributed by atoms with van der Waals surface area (Å²) >= 11 is 0. The van der Waals surface area contributed by atoms with E-state index < -0.39 is 0 Å². The molecule has 0 aliphatic carbocycles. The fraction of sp³-hybridized carbons (Fsp3) is 0.667. The van der Waals surface area contributed by atoms with Crippen LogP contribution in [0.5, 0.6) is 0 Å². The number of carbonyl (C=O) groups excluding carboxylic acids is 1. The molecular weight excluding hydrogens is 268 g/mol. The van der Waals surface area contributed by atoms with E-state index in [2.05, 4.69) is 16.8 Å². The van der Waals surface area contributed by atoms with Crippen LogP contribution in [0, 0.1) is 0 Å². The number of likely N-dealkylation sites (N-methyl/N-ethyl adjacent to an activating group) is 1. The summed E-state index contributed by atoms with van der Waals surface area (Å²) in [5.41, 5.74) is 6.89. The van der Waals surface area contributed by atoms with E-state index in [1.54, 1.807) is 12.3 Å². The highest BCUT2D eigenvalue weighted by atomic mass is 16.5. The van der Waals surface area contributed by atoms with Crippen LogP contribution >= 0.6 is 0 Å². The molecule has 2 heterocycles. The van der Waals surface area contributed by atoms with Crippen molar-refractivity contribution in [1.29, 1.82) is 0 Å². The first-order chi connectivity index (χ1) is 9.97. The Morgan fingerprint density at radius 2 is 2.00 bits per heavy atom. The predicted molar refractivity (Wildman–Crippen MR) is 83.4 cm³/mol. The molecule has 0 saturated carbocycles. The number of ether oxygens (including phenoxy) is 1. The molecule has 0 atom stereocenters. The Kier molecular flexibility index (Phi) is 5.25. The highest BCUT2D eigenvalue weighted by molar-refractivity contribution is 5.89. The Bertz CT molecular complexity index is 476. The van der Waals surface area contributed by atoms with Gasteiger partial charge >= 0.3 is 5.97 Å². The monoisotopic (exact) mass is 294 g/mol. The van der Waals surface area contributed by atoms with E-state index in [9.17, 15) is 4.79 Å². The average Bonchev–Trinajstić information content (AvgIpc) is 2.83. The lowest BCUT2D eigenvalue weighted by atomic mass is 10.3. The van der Waals surface area contributed by atoms with Crippen LogP contribution < -0.4 is 5.73 Å². The Morgan fingerprint density at radius 3 is 2.62 bits per heavy atom. The summed E-state index contributed by atoms with van der Waals surface area (Å²) < 4.78 is 7.25. The standard InChI is InChI=1S/C15H26N4O2/c1-12(2)19-11-13(16)10-14(19)15(20)21-9-8-18-6-4-17(3)5-7-18/h10-12H,4-9,16H2,1-3H3. The number of carbonyl (C=O) groups is 1. The van der Waals surface area contributed by atoms with Crippen molar-refractivity contribution in [3.63, 3.8) is 0 Å². The molecule has 1 aliphatic heterocycles. The number of aromatic nitrogens is 1. The Hall–Kier alpha value is -1.53. The summed E-state index contributed by atoms with van der Waals surface area (Å²) in [6.07, 6.45) is 1.78. The molecule has 118 valence electrons. The van der Waals surface area contributed by atoms with Crippen LogP contribution in [0.25, 0.3) is 0 Å². The lowest BCUT2D eigenvalue weighted by molar-refractivity contribution is 0.0419. The Morgan fingerprint density at radius 1 is 1.33 bits per heavy atom. The van der Waals surface area contributed by atoms with Crippen molar-refractivity contribution < 1.29 is 9.53 Å². The maximum absolute atomic E-state index is 12.2. The molecule has 0 aromatic carbocycles. The quantitative estimate of drug-likeness (QED) is 0.823. The number of nitrogens with two attached hydrogens (primary N) is 1. The summed E-state index contributed by atoms with van der Waals surface area (Å²) in [5, 5.41) is 0. The molecule has 0 spiro atoms. The molecule has 2 rings (SSSR count). The molecule has 0 radical (unpaired) electrons. The molecule has 1 saturated heterocycles. The van der Waals surface area contributed by atoms with E-state index in [0.29, 0.717) is 18.0 Å². The summed E-state index contributed by atoms with van der Waals surface area (Å²) in [6, 6.07) is 1.86. The van der Waals surface area contributed by atoms with Gasteiger partial charge in [0, 0.05) is 45.0 Å². The van der Waals surface area contributed by atoms with E-state index >= 15 is 0 Å². The van der Waals surface area contributed by atoms with E-state index in [4.69, 9.17) is 10.5 Å². The van der Waals surface area contributed by atoms with Gasteiger partial charge in [-0.15, -0.1) is 0 Å². The summed E-state index contributed by atoms with van der Waals surface area (Å²) in [7, 11) is 2.13. The molecule has 1 aliphatic rings. The molecule has 6 heteroatoms. The van der Waals surface area contributed by atoms with Gasteiger partial charge in [0.1, 0.15) is 12.3 Å². The van der Waals surface area contributed by atoms with Gasteiger partial charge < -0.3 is 19.9 Å². The van der Waals surface area contributed by atoms with E-state index in [0.717, 1.165) is 32.7 Å². The van der Waals surface area contributed by atoms with Crippen LogP contribution in [0.15, 0.2) is 12.3 Å². The SMILES string of the molecule is CC(C)n1cc(N)cc1C(=O)OCCN1CCN(C)CC1. The minimum Gasteiger partial charge on any atom is -0.460 e. The van der Waals surface area contributed by atoms with Crippen molar-refractivity contribution in [1.82, 2.24) is 14.4 Å².